The lowest BCUT2D eigenvalue weighted by Gasteiger charge is -1.95. The Hall–Kier alpha value is -0.870. The molecule has 68 valence electrons. The summed E-state index contributed by atoms with van der Waals surface area (Å²) >= 11 is 7.31. The highest BCUT2D eigenvalue weighted by molar-refractivity contribution is 7.11. The zero-order chi connectivity index (χ0) is 9.10. The molecule has 0 aliphatic carbocycles. The molecule has 0 fully saturated rings. The average Bonchev–Trinajstić information content (AvgIpc) is 2.76. The number of imidazole rings is 1. The maximum Gasteiger partial charge on any atom is 0.113 e. The first-order valence-corrected chi connectivity index (χ1v) is 5.19. The standard InChI is InChI=1S/C8H8ClN3S/c9-3-7-4-11-8(13-7)5-12-2-1-10-6-12/h1-2,4,6H,3,5H2. The van der Waals surface area contributed by atoms with Crippen LogP contribution in [0.2, 0.25) is 0 Å². The van der Waals surface area contributed by atoms with Gasteiger partial charge in [-0.25, -0.2) is 9.97 Å². The number of alkyl halides is 1. The van der Waals surface area contributed by atoms with E-state index in [1.807, 2.05) is 17.0 Å². The Morgan fingerprint density at radius 2 is 2.46 bits per heavy atom. The topological polar surface area (TPSA) is 30.7 Å². The minimum atomic E-state index is 0.543. The lowest BCUT2D eigenvalue weighted by atomic mass is 10.6. The van der Waals surface area contributed by atoms with Crippen molar-refractivity contribution in [2.45, 2.75) is 12.4 Å². The summed E-state index contributed by atoms with van der Waals surface area (Å²) in [5.74, 6) is 0.543. The van der Waals surface area contributed by atoms with Gasteiger partial charge in [-0.2, -0.15) is 0 Å². The van der Waals surface area contributed by atoms with Gasteiger partial charge in [0.1, 0.15) is 5.01 Å². The van der Waals surface area contributed by atoms with Crippen LogP contribution in [0.3, 0.4) is 0 Å². The second-order valence-corrected chi connectivity index (χ2v) is 4.06. The Balaban J connectivity index is 2.10. The van der Waals surface area contributed by atoms with E-state index in [2.05, 4.69) is 9.97 Å². The molecule has 0 radical (unpaired) electrons. The van der Waals surface area contributed by atoms with Gasteiger partial charge >= 0.3 is 0 Å². The normalized spacial score (nSPS) is 10.5. The third kappa shape index (κ3) is 2.08. The van der Waals surface area contributed by atoms with Gasteiger partial charge in [-0.05, 0) is 0 Å². The van der Waals surface area contributed by atoms with Crippen LogP contribution in [-0.2, 0) is 12.4 Å². The number of nitrogens with zero attached hydrogens (tertiary/aromatic N) is 3. The van der Waals surface area contributed by atoms with E-state index >= 15 is 0 Å². The van der Waals surface area contributed by atoms with Crippen LogP contribution in [0.5, 0.6) is 0 Å². The molecule has 0 N–H and O–H groups in total. The third-order valence-electron chi connectivity index (χ3n) is 1.61. The average molecular weight is 214 g/mol. The molecule has 5 heteroatoms. The van der Waals surface area contributed by atoms with Crippen LogP contribution in [-0.4, -0.2) is 14.5 Å². The minimum absolute atomic E-state index is 0.543. The molecule has 0 saturated heterocycles. The zero-order valence-electron chi connectivity index (χ0n) is 6.85. The molecule has 0 bridgehead atoms. The third-order valence-corrected chi connectivity index (χ3v) is 3.04. The first-order valence-electron chi connectivity index (χ1n) is 3.84. The Kier molecular flexibility index (Phi) is 2.61. The molecule has 3 nitrogen and oxygen atoms in total. The largest absolute Gasteiger partial charge is 0.331 e. The molecule has 2 heterocycles. The van der Waals surface area contributed by atoms with Gasteiger partial charge in [0.15, 0.2) is 0 Å². The van der Waals surface area contributed by atoms with Gasteiger partial charge in [-0.15, -0.1) is 22.9 Å². The van der Waals surface area contributed by atoms with E-state index in [9.17, 15) is 0 Å². The van der Waals surface area contributed by atoms with Crippen molar-refractivity contribution in [1.29, 1.82) is 0 Å². The molecular weight excluding hydrogens is 206 g/mol. The van der Waals surface area contributed by atoms with Crippen LogP contribution in [0, 0.1) is 0 Å². The van der Waals surface area contributed by atoms with Crippen molar-refractivity contribution >= 4 is 22.9 Å². The quantitative estimate of drug-likeness (QED) is 0.732. The lowest BCUT2D eigenvalue weighted by molar-refractivity contribution is 0.790. The van der Waals surface area contributed by atoms with E-state index in [-0.39, 0.29) is 0 Å². The molecule has 0 amide bonds. The predicted octanol–water partition coefficient (Wildman–Crippen LogP) is 2.13. The van der Waals surface area contributed by atoms with Crippen molar-refractivity contribution in [2.24, 2.45) is 0 Å². The van der Waals surface area contributed by atoms with Crippen LogP contribution in [0.15, 0.2) is 24.9 Å². The first kappa shape index (κ1) is 8.72. The Morgan fingerprint density at radius 1 is 1.54 bits per heavy atom. The molecule has 0 atom stereocenters. The molecule has 0 aromatic carbocycles. The van der Waals surface area contributed by atoms with E-state index in [0.717, 1.165) is 16.4 Å². The fourth-order valence-electron chi connectivity index (χ4n) is 1.02. The fraction of sp³-hybridized carbons (Fsp3) is 0.250. The molecule has 0 aliphatic heterocycles. The highest BCUT2D eigenvalue weighted by Gasteiger charge is 2.00. The molecule has 0 aliphatic rings. The van der Waals surface area contributed by atoms with E-state index < -0.39 is 0 Å². The van der Waals surface area contributed by atoms with Crippen LogP contribution >= 0.6 is 22.9 Å². The molecule has 13 heavy (non-hydrogen) atoms. The number of hydrogen-bond donors (Lipinski definition) is 0. The summed E-state index contributed by atoms with van der Waals surface area (Å²) in [7, 11) is 0. The monoisotopic (exact) mass is 213 g/mol. The van der Waals surface area contributed by atoms with Gasteiger partial charge in [0.05, 0.1) is 18.8 Å². The number of rotatable bonds is 3. The number of thiazole rings is 1. The van der Waals surface area contributed by atoms with Gasteiger partial charge in [-0.1, -0.05) is 0 Å². The van der Waals surface area contributed by atoms with Crippen molar-refractivity contribution in [3.05, 3.63) is 34.8 Å². The van der Waals surface area contributed by atoms with Crippen molar-refractivity contribution in [1.82, 2.24) is 14.5 Å². The van der Waals surface area contributed by atoms with E-state index in [0.29, 0.717) is 5.88 Å². The Bertz CT molecular complexity index is 368. The zero-order valence-corrected chi connectivity index (χ0v) is 8.42. The van der Waals surface area contributed by atoms with Crippen molar-refractivity contribution in [2.75, 3.05) is 0 Å². The maximum absolute atomic E-state index is 5.67. The van der Waals surface area contributed by atoms with E-state index in [1.54, 1.807) is 23.9 Å². The van der Waals surface area contributed by atoms with Gasteiger partial charge in [0, 0.05) is 23.5 Å². The molecule has 0 spiro atoms. The van der Waals surface area contributed by atoms with Gasteiger partial charge in [0.25, 0.3) is 0 Å². The summed E-state index contributed by atoms with van der Waals surface area (Å²) in [6.45, 7) is 0.779. The molecule has 0 saturated carbocycles. The molecule has 0 unspecified atom stereocenters. The van der Waals surface area contributed by atoms with E-state index in [4.69, 9.17) is 11.6 Å². The molecule has 2 rings (SSSR count). The summed E-state index contributed by atoms with van der Waals surface area (Å²) in [4.78, 5) is 9.31. The molecule has 2 aromatic heterocycles. The Labute approximate surface area is 85.0 Å². The molecule has 2 aromatic rings. The van der Waals surface area contributed by atoms with Crippen molar-refractivity contribution in [3.8, 4) is 0 Å². The smallest absolute Gasteiger partial charge is 0.113 e. The number of hydrogen-bond acceptors (Lipinski definition) is 3. The van der Waals surface area contributed by atoms with Crippen LogP contribution in [0.4, 0.5) is 0 Å². The van der Waals surface area contributed by atoms with Crippen molar-refractivity contribution in [3.63, 3.8) is 0 Å². The first-order chi connectivity index (χ1) is 6.38. The summed E-state index contributed by atoms with van der Waals surface area (Å²) < 4.78 is 1.98. The summed E-state index contributed by atoms with van der Waals surface area (Å²) in [5.41, 5.74) is 0. The van der Waals surface area contributed by atoms with Crippen LogP contribution < -0.4 is 0 Å². The van der Waals surface area contributed by atoms with Gasteiger partial charge in [0.2, 0.25) is 0 Å². The second-order valence-electron chi connectivity index (χ2n) is 2.59. The Morgan fingerprint density at radius 3 is 3.08 bits per heavy atom. The summed E-state index contributed by atoms with van der Waals surface area (Å²) in [5, 5.41) is 1.06. The minimum Gasteiger partial charge on any atom is -0.331 e. The summed E-state index contributed by atoms with van der Waals surface area (Å²) in [6.07, 6.45) is 7.28. The van der Waals surface area contributed by atoms with Crippen LogP contribution in [0.1, 0.15) is 9.88 Å². The SMILES string of the molecule is ClCc1cnc(Cn2ccnc2)s1. The van der Waals surface area contributed by atoms with E-state index in [1.165, 1.54) is 0 Å². The predicted molar refractivity (Wildman–Crippen MR) is 53.0 cm³/mol. The highest BCUT2D eigenvalue weighted by atomic mass is 35.5. The van der Waals surface area contributed by atoms with Gasteiger partial charge in [-0.3, -0.25) is 0 Å². The van der Waals surface area contributed by atoms with Crippen molar-refractivity contribution < 1.29 is 0 Å². The van der Waals surface area contributed by atoms with Gasteiger partial charge < -0.3 is 4.57 Å². The van der Waals surface area contributed by atoms with Crippen LogP contribution in [0.25, 0.3) is 0 Å². The number of aromatic nitrogens is 3. The highest BCUT2D eigenvalue weighted by Crippen LogP contribution is 2.15. The maximum atomic E-state index is 5.67. The number of halogens is 1. The lowest BCUT2D eigenvalue weighted by Crippen LogP contribution is -1.94. The fourth-order valence-corrected chi connectivity index (χ4v) is 2.03. The second kappa shape index (κ2) is 3.89. The summed E-state index contributed by atoms with van der Waals surface area (Å²) in [6, 6.07) is 0. The molecular formula is C8H8ClN3S.